The van der Waals surface area contributed by atoms with Crippen molar-refractivity contribution in [2.24, 2.45) is 5.10 Å². The van der Waals surface area contributed by atoms with Gasteiger partial charge in [0.15, 0.2) is 5.13 Å². The zero-order valence-corrected chi connectivity index (χ0v) is 15.5. The number of hydrazone groups is 1. The lowest BCUT2D eigenvalue weighted by atomic mass is 10.1. The van der Waals surface area contributed by atoms with Crippen molar-refractivity contribution in [2.45, 2.75) is 19.8 Å². The van der Waals surface area contributed by atoms with E-state index in [1.165, 1.54) is 11.3 Å². The first-order valence-corrected chi connectivity index (χ1v) is 9.19. The van der Waals surface area contributed by atoms with E-state index in [0.717, 1.165) is 16.5 Å². The number of thiazole rings is 1. The number of fused-ring (bicyclic) bond motifs is 1. The van der Waals surface area contributed by atoms with Gasteiger partial charge in [0.2, 0.25) is 11.8 Å². The number of nitrogens with two attached hydrogens (primary N) is 1. The van der Waals surface area contributed by atoms with E-state index in [4.69, 9.17) is 5.73 Å². The number of carbonyl (C=O) groups excluding carboxylic acids is 2. The summed E-state index contributed by atoms with van der Waals surface area (Å²) in [5.74, 6) is -0.511. The molecule has 3 aromatic rings. The number of carbonyl (C=O) groups is 2. The minimum Gasteiger partial charge on any atom is -0.375 e. The smallest absolute Gasteiger partial charge is 0.246 e. The van der Waals surface area contributed by atoms with Crippen LogP contribution in [0.5, 0.6) is 0 Å². The highest BCUT2D eigenvalue weighted by molar-refractivity contribution is 7.13. The molecular formula is C19H19N5O2S. The zero-order chi connectivity index (χ0) is 19.2. The fourth-order valence-corrected chi connectivity index (χ4v) is 3.13. The quantitative estimate of drug-likeness (QED) is 0.450. The van der Waals surface area contributed by atoms with E-state index in [0.29, 0.717) is 16.5 Å². The fraction of sp³-hybridized carbons (Fsp3) is 0.158. The summed E-state index contributed by atoms with van der Waals surface area (Å²) in [5, 5.41) is 11.0. The number of anilines is 2. The monoisotopic (exact) mass is 381 g/mol. The predicted molar refractivity (Wildman–Crippen MR) is 109 cm³/mol. The third kappa shape index (κ3) is 5.11. The van der Waals surface area contributed by atoms with E-state index in [-0.39, 0.29) is 24.7 Å². The summed E-state index contributed by atoms with van der Waals surface area (Å²) in [6.07, 6.45) is 0.166. The molecule has 0 bridgehead atoms. The number of aromatic nitrogens is 1. The molecule has 0 saturated carbocycles. The molecule has 8 heteroatoms. The van der Waals surface area contributed by atoms with Crippen LogP contribution in [0.3, 0.4) is 0 Å². The van der Waals surface area contributed by atoms with Crippen molar-refractivity contribution in [2.75, 3.05) is 11.1 Å². The minimum atomic E-state index is -0.311. The first-order valence-electron chi connectivity index (χ1n) is 8.31. The Bertz CT molecular complexity index is 1010. The molecule has 27 heavy (non-hydrogen) atoms. The highest BCUT2D eigenvalue weighted by atomic mass is 32.1. The maximum Gasteiger partial charge on any atom is 0.246 e. The van der Waals surface area contributed by atoms with Gasteiger partial charge in [0, 0.05) is 22.2 Å². The van der Waals surface area contributed by atoms with Gasteiger partial charge in [-0.15, -0.1) is 11.3 Å². The number of hydrogen-bond donors (Lipinski definition) is 3. The molecule has 1 aromatic heterocycles. The van der Waals surface area contributed by atoms with Crippen LogP contribution in [0.1, 0.15) is 19.0 Å². The van der Waals surface area contributed by atoms with Gasteiger partial charge in [0.1, 0.15) is 0 Å². The lowest BCUT2D eigenvalue weighted by Crippen LogP contribution is -2.23. The van der Waals surface area contributed by atoms with Gasteiger partial charge in [0.25, 0.3) is 0 Å². The van der Waals surface area contributed by atoms with Crippen molar-refractivity contribution in [3.05, 3.63) is 53.5 Å². The van der Waals surface area contributed by atoms with Crippen molar-refractivity contribution < 1.29 is 9.59 Å². The highest BCUT2D eigenvalue weighted by Crippen LogP contribution is 2.23. The molecule has 2 aromatic carbocycles. The lowest BCUT2D eigenvalue weighted by molar-refractivity contribution is -0.120. The fourth-order valence-electron chi connectivity index (χ4n) is 2.57. The second kappa shape index (κ2) is 8.41. The van der Waals surface area contributed by atoms with Crippen LogP contribution in [0.2, 0.25) is 0 Å². The molecular weight excluding hydrogens is 362 g/mol. The summed E-state index contributed by atoms with van der Waals surface area (Å²) in [6.45, 7) is 1.68. The van der Waals surface area contributed by atoms with E-state index in [1.54, 1.807) is 12.3 Å². The maximum absolute atomic E-state index is 12.3. The molecule has 0 fully saturated rings. The number of benzene rings is 2. The number of nitrogens with one attached hydrogen (secondary N) is 2. The Morgan fingerprint density at radius 2 is 1.93 bits per heavy atom. The number of amides is 2. The first kappa shape index (κ1) is 18.5. The van der Waals surface area contributed by atoms with Crippen LogP contribution >= 0.6 is 11.3 Å². The third-order valence-electron chi connectivity index (χ3n) is 3.76. The molecule has 4 N–H and O–H groups in total. The molecule has 7 nitrogen and oxygen atoms in total. The van der Waals surface area contributed by atoms with Gasteiger partial charge in [-0.25, -0.2) is 10.4 Å². The molecule has 2 amide bonds. The Kier molecular flexibility index (Phi) is 5.77. The summed E-state index contributed by atoms with van der Waals surface area (Å²) in [7, 11) is 0. The average Bonchev–Trinajstić information content (AvgIpc) is 3.05. The number of hydrogen-bond acceptors (Lipinski definition) is 6. The van der Waals surface area contributed by atoms with Gasteiger partial charge in [-0.3, -0.25) is 9.59 Å². The highest BCUT2D eigenvalue weighted by Gasteiger charge is 2.09. The Hall–Kier alpha value is -3.26. The van der Waals surface area contributed by atoms with E-state index in [1.807, 2.05) is 42.5 Å². The summed E-state index contributed by atoms with van der Waals surface area (Å²) < 4.78 is 0. The van der Waals surface area contributed by atoms with Crippen molar-refractivity contribution in [1.82, 2.24) is 10.4 Å². The van der Waals surface area contributed by atoms with Gasteiger partial charge in [-0.1, -0.05) is 36.4 Å². The molecule has 0 aliphatic carbocycles. The predicted octanol–water partition coefficient (Wildman–Crippen LogP) is 2.94. The van der Waals surface area contributed by atoms with E-state index in [2.05, 4.69) is 20.8 Å². The van der Waals surface area contributed by atoms with Crippen molar-refractivity contribution in [3.8, 4) is 0 Å². The molecule has 1 heterocycles. The molecule has 0 unspecified atom stereocenters. The van der Waals surface area contributed by atoms with Crippen LogP contribution in [-0.2, 0) is 16.0 Å². The minimum absolute atomic E-state index is 0.0765. The Morgan fingerprint density at radius 3 is 2.70 bits per heavy atom. The molecule has 0 radical (unpaired) electrons. The zero-order valence-electron chi connectivity index (χ0n) is 14.7. The van der Waals surface area contributed by atoms with Crippen molar-refractivity contribution in [3.63, 3.8) is 0 Å². The van der Waals surface area contributed by atoms with Crippen LogP contribution in [0.4, 0.5) is 10.8 Å². The second-order valence-electron chi connectivity index (χ2n) is 5.99. The molecule has 0 spiro atoms. The summed E-state index contributed by atoms with van der Waals surface area (Å²) in [4.78, 5) is 28.2. The first-order chi connectivity index (χ1) is 13.0. The largest absolute Gasteiger partial charge is 0.375 e. The van der Waals surface area contributed by atoms with Gasteiger partial charge < -0.3 is 11.1 Å². The molecule has 0 saturated heterocycles. The van der Waals surface area contributed by atoms with Crippen LogP contribution in [0.25, 0.3) is 10.8 Å². The van der Waals surface area contributed by atoms with Gasteiger partial charge in [-0.2, -0.15) is 5.10 Å². The Balaban J connectivity index is 1.55. The van der Waals surface area contributed by atoms with Crippen molar-refractivity contribution in [1.29, 1.82) is 0 Å². The van der Waals surface area contributed by atoms with Crippen molar-refractivity contribution >= 4 is 50.5 Å². The summed E-state index contributed by atoms with van der Waals surface area (Å²) >= 11 is 1.28. The van der Waals surface area contributed by atoms with E-state index >= 15 is 0 Å². The molecule has 138 valence electrons. The standard InChI is InChI=1S/C19H19N5O2S/c1-12(23-24-18(26)10-14-11-27-19(20)21-14)9-17(25)22-16-8-4-6-13-5-2-3-7-15(13)16/h2-8,11H,9-10H2,1H3,(H2,20,21)(H,22,25)(H,24,26)/b23-12+. The number of nitrogens with zero attached hydrogens (tertiary/aromatic N) is 2. The van der Waals surface area contributed by atoms with Crippen LogP contribution in [-0.4, -0.2) is 22.5 Å². The van der Waals surface area contributed by atoms with Gasteiger partial charge in [-0.05, 0) is 18.4 Å². The Labute approximate surface area is 160 Å². The topological polar surface area (TPSA) is 109 Å². The van der Waals surface area contributed by atoms with Gasteiger partial charge >= 0.3 is 0 Å². The normalized spacial score (nSPS) is 11.4. The maximum atomic E-state index is 12.3. The van der Waals surface area contributed by atoms with Crippen LogP contribution < -0.4 is 16.5 Å². The molecule has 0 aliphatic rings. The molecule has 0 atom stereocenters. The second-order valence-corrected chi connectivity index (χ2v) is 6.88. The SMILES string of the molecule is C/C(CC(=O)Nc1cccc2ccccc12)=N\NC(=O)Cc1csc(N)n1. The van der Waals surface area contributed by atoms with Crippen LogP contribution in [0, 0.1) is 0 Å². The van der Waals surface area contributed by atoms with Gasteiger partial charge in [0.05, 0.1) is 18.5 Å². The van der Waals surface area contributed by atoms with Crippen LogP contribution in [0.15, 0.2) is 52.9 Å². The molecule has 3 rings (SSSR count). The van der Waals surface area contributed by atoms with E-state index in [9.17, 15) is 9.59 Å². The summed E-state index contributed by atoms with van der Waals surface area (Å²) in [5.41, 5.74) is 9.80. The third-order valence-corrected chi connectivity index (χ3v) is 4.49. The number of rotatable bonds is 6. The molecule has 0 aliphatic heterocycles. The van der Waals surface area contributed by atoms with E-state index < -0.39 is 0 Å². The number of nitrogen functional groups attached to an aromatic ring is 1. The average molecular weight is 381 g/mol. The summed E-state index contributed by atoms with van der Waals surface area (Å²) in [6, 6.07) is 13.6. The Morgan fingerprint density at radius 1 is 1.15 bits per heavy atom. The lowest BCUT2D eigenvalue weighted by Gasteiger charge is -2.08.